The molecule has 12 heavy (non-hydrogen) atoms. The van der Waals surface area contributed by atoms with Gasteiger partial charge in [0.2, 0.25) is 0 Å². The van der Waals surface area contributed by atoms with Gasteiger partial charge in [0.05, 0.1) is 6.61 Å². The number of rotatable bonds is 7. The van der Waals surface area contributed by atoms with E-state index in [1.807, 2.05) is 0 Å². The molecule has 0 aliphatic carbocycles. The van der Waals surface area contributed by atoms with Gasteiger partial charge in [-0.15, -0.1) is 0 Å². The Balaban J connectivity index is 3.32. The van der Waals surface area contributed by atoms with E-state index in [1.165, 1.54) is 0 Å². The van der Waals surface area contributed by atoms with Gasteiger partial charge in [-0.1, -0.05) is 6.92 Å². The smallest absolute Gasteiger partial charge is 0.173 e. The number of methoxy groups -OCH3 is 1. The summed E-state index contributed by atoms with van der Waals surface area (Å²) in [4.78, 5) is 0. The minimum absolute atomic E-state index is 0.136. The second-order valence-corrected chi connectivity index (χ2v) is 4.70. The second kappa shape index (κ2) is 6.39. The molecule has 0 aliphatic heterocycles. The van der Waals surface area contributed by atoms with E-state index < -0.39 is 9.84 Å². The van der Waals surface area contributed by atoms with Crippen LogP contribution in [0.3, 0.4) is 0 Å². The van der Waals surface area contributed by atoms with Crippen LogP contribution in [-0.4, -0.2) is 40.4 Å². The summed E-state index contributed by atoms with van der Waals surface area (Å²) in [7, 11) is -1.37. The van der Waals surface area contributed by atoms with Crippen LogP contribution in [-0.2, 0) is 19.3 Å². The largest absolute Gasteiger partial charge is 0.385 e. The van der Waals surface area contributed by atoms with Crippen molar-refractivity contribution in [2.75, 3.05) is 32.0 Å². The van der Waals surface area contributed by atoms with Gasteiger partial charge in [0.25, 0.3) is 0 Å². The maximum atomic E-state index is 10.9. The van der Waals surface area contributed by atoms with Gasteiger partial charge in [-0.05, 0) is 6.42 Å². The summed E-state index contributed by atoms with van der Waals surface area (Å²) in [5.74, 6) is -0.0372. The van der Waals surface area contributed by atoms with Crippen LogP contribution in [0, 0.1) is 0 Å². The minimum Gasteiger partial charge on any atom is -0.385 e. The topological polar surface area (TPSA) is 52.6 Å². The number of sulfone groups is 1. The quantitative estimate of drug-likeness (QED) is 0.554. The fourth-order valence-electron chi connectivity index (χ4n) is 0.575. The molecule has 0 aromatic carbocycles. The fourth-order valence-corrected chi connectivity index (χ4v) is 1.11. The van der Waals surface area contributed by atoms with Gasteiger partial charge in [-0.2, -0.15) is 0 Å². The van der Waals surface area contributed by atoms with Crippen LogP contribution in [0.15, 0.2) is 0 Å². The Kier molecular flexibility index (Phi) is 6.32. The van der Waals surface area contributed by atoms with E-state index in [4.69, 9.17) is 9.47 Å². The van der Waals surface area contributed by atoms with Crippen molar-refractivity contribution in [1.29, 1.82) is 0 Å². The van der Waals surface area contributed by atoms with E-state index in [0.717, 1.165) is 6.42 Å². The molecule has 74 valence electrons. The summed E-state index contributed by atoms with van der Waals surface area (Å²) < 4.78 is 31.4. The summed E-state index contributed by atoms with van der Waals surface area (Å²) >= 11 is 0. The third kappa shape index (κ3) is 6.57. The first-order valence-electron chi connectivity index (χ1n) is 3.89. The van der Waals surface area contributed by atoms with Gasteiger partial charge in [0.15, 0.2) is 9.84 Å². The van der Waals surface area contributed by atoms with E-state index in [2.05, 4.69) is 0 Å². The third-order valence-electron chi connectivity index (χ3n) is 1.34. The summed E-state index contributed by atoms with van der Waals surface area (Å²) in [5.41, 5.74) is 0. The molecule has 0 spiro atoms. The predicted molar refractivity (Wildman–Crippen MR) is 46.8 cm³/mol. The maximum absolute atomic E-state index is 10.9. The zero-order valence-corrected chi connectivity index (χ0v) is 8.39. The summed E-state index contributed by atoms with van der Waals surface area (Å²) in [6.45, 7) is 2.65. The van der Waals surface area contributed by atoms with Gasteiger partial charge >= 0.3 is 0 Å². The lowest BCUT2D eigenvalue weighted by atomic mass is 10.5. The molecule has 0 saturated heterocycles. The molecule has 0 aromatic rings. The SMILES string of the molecule is CCS(=O)(=O)COCCCOC. The van der Waals surface area contributed by atoms with Crippen LogP contribution >= 0.6 is 0 Å². The second-order valence-electron chi connectivity index (χ2n) is 2.40. The van der Waals surface area contributed by atoms with Crippen molar-refractivity contribution < 1.29 is 17.9 Å². The Morgan fingerprint density at radius 3 is 2.42 bits per heavy atom. The predicted octanol–water partition coefficient (Wildman–Crippen LogP) is 0.432. The van der Waals surface area contributed by atoms with Crippen molar-refractivity contribution in [2.45, 2.75) is 13.3 Å². The number of hydrogen-bond acceptors (Lipinski definition) is 4. The standard InChI is InChI=1S/C7H16O4S/c1-3-12(8,9)7-11-6-4-5-10-2/h3-7H2,1-2H3. The Bertz CT molecular complexity index is 186. The first kappa shape index (κ1) is 11.9. The van der Waals surface area contributed by atoms with E-state index >= 15 is 0 Å². The maximum Gasteiger partial charge on any atom is 0.173 e. The van der Waals surface area contributed by atoms with Crippen LogP contribution in [0.4, 0.5) is 0 Å². The molecule has 5 heteroatoms. The average Bonchev–Trinajstić information content (AvgIpc) is 2.04. The molecule has 4 nitrogen and oxygen atoms in total. The Morgan fingerprint density at radius 2 is 1.92 bits per heavy atom. The first-order chi connectivity index (χ1) is 5.62. The molecule has 0 atom stereocenters. The number of hydrogen-bond donors (Lipinski definition) is 0. The third-order valence-corrected chi connectivity index (χ3v) is 2.75. The van der Waals surface area contributed by atoms with Gasteiger partial charge in [0, 0.05) is 19.5 Å². The normalized spacial score (nSPS) is 11.8. The summed E-state index contributed by atoms with van der Waals surface area (Å²) in [6.07, 6.45) is 0.732. The molecule has 0 saturated carbocycles. The molecular weight excluding hydrogens is 180 g/mol. The zero-order chi connectivity index (χ0) is 9.45. The lowest BCUT2D eigenvalue weighted by Crippen LogP contribution is -2.12. The highest BCUT2D eigenvalue weighted by atomic mass is 32.2. The Labute approximate surface area is 73.8 Å². The lowest BCUT2D eigenvalue weighted by molar-refractivity contribution is 0.128. The van der Waals surface area contributed by atoms with E-state index in [1.54, 1.807) is 14.0 Å². The van der Waals surface area contributed by atoms with Gasteiger partial charge in [-0.25, -0.2) is 8.42 Å². The van der Waals surface area contributed by atoms with Crippen LogP contribution < -0.4 is 0 Å². The van der Waals surface area contributed by atoms with E-state index in [0.29, 0.717) is 13.2 Å². The molecular formula is C7H16O4S. The molecule has 0 rings (SSSR count). The molecule has 0 aromatic heterocycles. The molecule has 0 fully saturated rings. The van der Waals surface area contributed by atoms with E-state index in [9.17, 15) is 8.42 Å². The monoisotopic (exact) mass is 196 g/mol. The Morgan fingerprint density at radius 1 is 1.25 bits per heavy atom. The highest BCUT2D eigenvalue weighted by Crippen LogP contribution is 1.91. The summed E-state index contributed by atoms with van der Waals surface area (Å²) in [6, 6.07) is 0. The van der Waals surface area contributed by atoms with Crippen molar-refractivity contribution in [3.8, 4) is 0 Å². The molecule has 0 amide bonds. The van der Waals surface area contributed by atoms with Crippen LogP contribution in [0.25, 0.3) is 0 Å². The Hall–Kier alpha value is -0.130. The highest BCUT2D eigenvalue weighted by molar-refractivity contribution is 7.91. The van der Waals surface area contributed by atoms with Crippen molar-refractivity contribution in [2.24, 2.45) is 0 Å². The molecule has 0 heterocycles. The van der Waals surface area contributed by atoms with Crippen molar-refractivity contribution in [3.05, 3.63) is 0 Å². The minimum atomic E-state index is -2.97. The van der Waals surface area contributed by atoms with Gasteiger partial charge in [-0.3, -0.25) is 0 Å². The van der Waals surface area contributed by atoms with Crippen molar-refractivity contribution in [1.82, 2.24) is 0 Å². The highest BCUT2D eigenvalue weighted by Gasteiger charge is 2.05. The first-order valence-corrected chi connectivity index (χ1v) is 5.71. The van der Waals surface area contributed by atoms with E-state index in [-0.39, 0.29) is 11.7 Å². The molecule has 0 aliphatic rings. The number of ether oxygens (including phenoxy) is 2. The van der Waals surface area contributed by atoms with Gasteiger partial charge in [0.1, 0.15) is 5.94 Å². The fraction of sp³-hybridized carbons (Fsp3) is 1.00. The molecule has 0 radical (unpaired) electrons. The molecule has 0 N–H and O–H groups in total. The van der Waals surface area contributed by atoms with Crippen LogP contribution in [0.2, 0.25) is 0 Å². The average molecular weight is 196 g/mol. The lowest BCUT2D eigenvalue weighted by Gasteiger charge is -2.02. The van der Waals surface area contributed by atoms with Crippen molar-refractivity contribution in [3.63, 3.8) is 0 Å². The van der Waals surface area contributed by atoms with Gasteiger partial charge < -0.3 is 9.47 Å². The van der Waals surface area contributed by atoms with Crippen LogP contribution in [0.5, 0.6) is 0 Å². The zero-order valence-electron chi connectivity index (χ0n) is 7.58. The molecule has 0 unspecified atom stereocenters. The van der Waals surface area contributed by atoms with Crippen molar-refractivity contribution >= 4 is 9.84 Å². The molecule has 0 bridgehead atoms. The van der Waals surface area contributed by atoms with Crippen LogP contribution in [0.1, 0.15) is 13.3 Å². The summed E-state index contributed by atoms with van der Waals surface area (Å²) in [5, 5.41) is 0.